The van der Waals surface area contributed by atoms with E-state index >= 15 is 0 Å². The summed E-state index contributed by atoms with van der Waals surface area (Å²) in [6.07, 6.45) is 4.55. The Balaban J connectivity index is 1.29. The van der Waals surface area contributed by atoms with Gasteiger partial charge in [0.25, 0.3) is 5.91 Å². The smallest absolute Gasteiger partial charge is 0.255 e. The lowest BCUT2D eigenvalue weighted by Crippen LogP contribution is -2.52. The molecule has 5 rings (SSSR count). The molecule has 2 saturated heterocycles. The fourth-order valence-electron chi connectivity index (χ4n) is 4.95. The number of carbonyl (C=O) groups excluding carboxylic acids is 3. The topological polar surface area (TPSA) is 90.5 Å². The molecule has 1 saturated carbocycles. The molecule has 28 heavy (non-hydrogen) atoms. The van der Waals surface area contributed by atoms with Crippen molar-refractivity contribution in [2.45, 2.75) is 57.3 Å². The zero-order chi connectivity index (χ0) is 19.3. The van der Waals surface area contributed by atoms with E-state index in [4.69, 9.17) is 0 Å². The van der Waals surface area contributed by atoms with Gasteiger partial charge in [-0.3, -0.25) is 19.7 Å². The highest BCUT2D eigenvalue weighted by molar-refractivity contribution is 6.05. The van der Waals surface area contributed by atoms with Crippen LogP contribution in [0.25, 0.3) is 0 Å². The van der Waals surface area contributed by atoms with Crippen LogP contribution in [0.2, 0.25) is 0 Å². The second kappa shape index (κ2) is 6.67. The van der Waals surface area contributed by atoms with Crippen molar-refractivity contribution in [3.05, 3.63) is 34.9 Å². The quantitative estimate of drug-likeness (QED) is 0.667. The Morgan fingerprint density at radius 1 is 1.21 bits per heavy atom. The Morgan fingerprint density at radius 2 is 2.07 bits per heavy atom. The number of hydrogen-bond acceptors (Lipinski definition) is 5. The summed E-state index contributed by atoms with van der Waals surface area (Å²) in [6.45, 7) is 3.28. The first kappa shape index (κ1) is 17.8. The SMILES string of the molecule is O=C1CCC(N2Cc3c(CNC4CNCC5(CC5)C4)cccc3C2=O)C(=O)N1. The minimum Gasteiger partial charge on any atom is -0.322 e. The fraction of sp³-hybridized carbons (Fsp3) is 0.571. The Morgan fingerprint density at radius 3 is 2.86 bits per heavy atom. The Hall–Kier alpha value is -2.25. The molecule has 0 radical (unpaired) electrons. The number of rotatable bonds is 4. The molecule has 3 heterocycles. The van der Waals surface area contributed by atoms with Crippen molar-refractivity contribution < 1.29 is 14.4 Å². The summed E-state index contributed by atoms with van der Waals surface area (Å²) < 4.78 is 0. The van der Waals surface area contributed by atoms with Crippen molar-refractivity contribution in [2.75, 3.05) is 13.1 Å². The molecular weight excluding hydrogens is 356 g/mol. The second-order valence-electron chi connectivity index (χ2n) is 8.76. The fourth-order valence-corrected chi connectivity index (χ4v) is 4.95. The average Bonchev–Trinajstić information content (AvgIpc) is 3.34. The zero-order valence-corrected chi connectivity index (χ0v) is 15.9. The molecule has 2 atom stereocenters. The van der Waals surface area contributed by atoms with E-state index in [1.165, 1.54) is 19.3 Å². The van der Waals surface area contributed by atoms with Crippen molar-refractivity contribution in [3.63, 3.8) is 0 Å². The third-order valence-electron chi connectivity index (χ3n) is 6.79. The van der Waals surface area contributed by atoms with Gasteiger partial charge in [-0.25, -0.2) is 0 Å². The summed E-state index contributed by atoms with van der Waals surface area (Å²) >= 11 is 0. The van der Waals surface area contributed by atoms with Crippen molar-refractivity contribution in [1.29, 1.82) is 0 Å². The second-order valence-corrected chi connectivity index (χ2v) is 8.76. The van der Waals surface area contributed by atoms with Crippen LogP contribution in [-0.2, 0) is 22.7 Å². The van der Waals surface area contributed by atoms with Gasteiger partial charge in [0.15, 0.2) is 0 Å². The number of benzene rings is 1. The normalized spacial score (nSPS) is 28.4. The van der Waals surface area contributed by atoms with Crippen molar-refractivity contribution in [3.8, 4) is 0 Å². The summed E-state index contributed by atoms with van der Waals surface area (Å²) in [5, 5.41) is 9.57. The summed E-state index contributed by atoms with van der Waals surface area (Å²) in [5.74, 6) is -0.729. The lowest BCUT2D eigenvalue weighted by Gasteiger charge is -2.31. The van der Waals surface area contributed by atoms with Gasteiger partial charge in [-0.05, 0) is 48.3 Å². The van der Waals surface area contributed by atoms with Gasteiger partial charge in [-0.2, -0.15) is 0 Å². The molecule has 3 fully saturated rings. The van der Waals surface area contributed by atoms with E-state index in [9.17, 15) is 14.4 Å². The largest absolute Gasteiger partial charge is 0.322 e. The van der Waals surface area contributed by atoms with Gasteiger partial charge in [0.05, 0.1) is 0 Å². The van der Waals surface area contributed by atoms with Crippen LogP contribution >= 0.6 is 0 Å². The number of imide groups is 1. The number of piperidine rings is 2. The molecule has 4 aliphatic rings. The molecule has 1 aromatic rings. The van der Waals surface area contributed by atoms with Gasteiger partial charge < -0.3 is 15.5 Å². The lowest BCUT2D eigenvalue weighted by molar-refractivity contribution is -0.136. The van der Waals surface area contributed by atoms with E-state index in [2.05, 4.69) is 22.0 Å². The van der Waals surface area contributed by atoms with E-state index in [0.717, 1.165) is 30.8 Å². The zero-order valence-electron chi connectivity index (χ0n) is 15.9. The van der Waals surface area contributed by atoms with Gasteiger partial charge in [-0.15, -0.1) is 0 Å². The van der Waals surface area contributed by atoms with E-state index < -0.39 is 6.04 Å². The number of amides is 3. The number of nitrogens with zero attached hydrogens (tertiary/aromatic N) is 1. The summed E-state index contributed by atoms with van der Waals surface area (Å²) in [6, 6.07) is 5.72. The molecule has 3 aliphatic heterocycles. The monoisotopic (exact) mass is 382 g/mol. The van der Waals surface area contributed by atoms with Crippen LogP contribution in [0.5, 0.6) is 0 Å². The predicted molar refractivity (Wildman–Crippen MR) is 102 cm³/mol. The maximum Gasteiger partial charge on any atom is 0.255 e. The molecule has 148 valence electrons. The summed E-state index contributed by atoms with van der Waals surface area (Å²) in [4.78, 5) is 38.2. The Bertz CT molecular complexity index is 848. The number of nitrogens with one attached hydrogen (secondary N) is 3. The number of carbonyl (C=O) groups is 3. The summed E-state index contributed by atoms with van der Waals surface area (Å²) in [5.41, 5.74) is 3.34. The van der Waals surface area contributed by atoms with Gasteiger partial charge in [0.2, 0.25) is 11.8 Å². The van der Waals surface area contributed by atoms with E-state index in [1.54, 1.807) is 4.90 Å². The standard InChI is InChI=1S/C21H26N4O3/c26-18-5-4-17(19(27)24-18)25-11-16-13(2-1-3-15(16)20(25)28)9-23-14-8-21(6-7-21)12-22-10-14/h1-3,14,17,22-23H,4-12H2,(H,24,26,27). The molecule has 3 amide bonds. The van der Waals surface area contributed by atoms with E-state index in [1.807, 2.05) is 12.1 Å². The highest BCUT2D eigenvalue weighted by Gasteiger charge is 2.46. The van der Waals surface area contributed by atoms with Crippen LogP contribution in [0.1, 0.15) is 53.6 Å². The first-order valence-electron chi connectivity index (χ1n) is 10.2. The van der Waals surface area contributed by atoms with Crippen LogP contribution in [0.4, 0.5) is 0 Å². The van der Waals surface area contributed by atoms with Crippen LogP contribution in [0.15, 0.2) is 18.2 Å². The third-order valence-corrected chi connectivity index (χ3v) is 6.79. The first-order valence-corrected chi connectivity index (χ1v) is 10.2. The van der Waals surface area contributed by atoms with Crippen molar-refractivity contribution >= 4 is 17.7 Å². The minimum atomic E-state index is -0.560. The molecule has 2 unspecified atom stereocenters. The van der Waals surface area contributed by atoms with Crippen LogP contribution in [0.3, 0.4) is 0 Å². The molecule has 3 N–H and O–H groups in total. The Kier molecular flexibility index (Phi) is 4.25. The molecule has 0 bridgehead atoms. The molecule has 7 heteroatoms. The molecular formula is C21H26N4O3. The molecule has 1 aromatic carbocycles. The van der Waals surface area contributed by atoms with E-state index in [-0.39, 0.29) is 24.1 Å². The number of fused-ring (bicyclic) bond motifs is 1. The molecule has 7 nitrogen and oxygen atoms in total. The molecule has 1 aliphatic carbocycles. The van der Waals surface area contributed by atoms with Crippen molar-refractivity contribution in [1.82, 2.24) is 20.9 Å². The molecule has 1 spiro atoms. The Labute approximate surface area is 164 Å². The van der Waals surface area contributed by atoms with Crippen LogP contribution in [0, 0.1) is 5.41 Å². The van der Waals surface area contributed by atoms with Crippen LogP contribution < -0.4 is 16.0 Å². The van der Waals surface area contributed by atoms with Gasteiger partial charge in [0.1, 0.15) is 6.04 Å². The average molecular weight is 382 g/mol. The maximum atomic E-state index is 12.9. The maximum absolute atomic E-state index is 12.9. The highest BCUT2D eigenvalue weighted by Crippen LogP contribution is 2.50. The minimum absolute atomic E-state index is 0.109. The number of hydrogen-bond donors (Lipinski definition) is 3. The predicted octanol–water partition coefficient (Wildman–Crippen LogP) is 0.679. The molecule has 0 aromatic heterocycles. The summed E-state index contributed by atoms with van der Waals surface area (Å²) in [7, 11) is 0. The third kappa shape index (κ3) is 3.12. The van der Waals surface area contributed by atoms with Crippen molar-refractivity contribution in [2.24, 2.45) is 5.41 Å². The van der Waals surface area contributed by atoms with Gasteiger partial charge in [-0.1, -0.05) is 12.1 Å². The first-order chi connectivity index (χ1) is 13.5. The lowest BCUT2D eigenvalue weighted by atomic mass is 9.92. The van der Waals surface area contributed by atoms with Gasteiger partial charge >= 0.3 is 0 Å². The van der Waals surface area contributed by atoms with Gasteiger partial charge in [0, 0.05) is 44.2 Å². The highest BCUT2D eigenvalue weighted by atomic mass is 16.2. The van der Waals surface area contributed by atoms with Crippen LogP contribution in [-0.4, -0.2) is 47.8 Å². The van der Waals surface area contributed by atoms with E-state index in [0.29, 0.717) is 30.0 Å².